The van der Waals surface area contributed by atoms with E-state index in [4.69, 9.17) is 8.83 Å². The minimum atomic E-state index is 0.885. The highest BCUT2D eigenvalue weighted by molar-refractivity contribution is 6.11. The number of benzene rings is 7. The maximum atomic E-state index is 6.32. The Hall–Kier alpha value is -6.52. The largest absolute Gasteiger partial charge is 0.460 e. The van der Waals surface area contributed by atoms with E-state index in [-0.39, 0.29) is 0 Å². The molecule has 4 heteroatoms. The SMILES string of the molecule is c1ccc(-n2c3ccccc3c3ccc(N(c4ccc5c(c4)CCc4oc6ccccc6c4-5)c4ccc5oc6ccccc6c5c4)cc32)cc1. The minimum absolute atomic E-state index is 0.885. The Kier molecular flexibility index (Phi) is 5.75. The molecule has 0 radical (unpaired) electrons. The van der Waals surface area contributed by atoms with Crippen LogP contribution in [-0.4, -0.2) is 4.57 Å². The fourth-order valence-electron chi connectivity index (χ4n) is 8.24. The van der Waals surface area contributed by atoms with Gasteiger partial charge in [-0.05, 0) is 90.3 Å². The number of aryl methyl sites for hydroxylation is 2. The molecule has 0 aliphatic heterocycles. The lowest BCUT2D eigenvalue weighted by atomic mass is 9.88. The maximum absolute atomic E-state index is 6.32. The number of hydrogen-bond acceptors (Lipinski definition) is 3. The molecule has 10 aromatic rings. The molecule has 7 aromatic carbocycles. The summed E-state index contributed by atoms with van der Waals surface area (Å²) >= 11 is 0. The van der Waals surface area contributed by atoms with Crippen LogP contribution < -0.4 is 4.90 Å². The lowest BCUT2D eigenvalue weighted by Gasteiger charge is -2.28. The molecular formula is C46H30N2O2. The van der Waals surface area contributed by atoms with Crippen molar-refractivity contribution >= 4 is 71.8 Å². The second-order valence-electron chi connectivity index (χ2n) is 13.2. The topological polar surface area (TPSA) is 34.5 Å². The summed E-state index contributed by atoms with van der Waals surface area (Å²) in [5, 5.41) is 5.88. The van der Waals surface area contributed by atoms with Crippen LogP contribution in [0.5, 0.6) is 0 Å². The van der Waals surface area contributed by atoms with Crippen molar-refractivity contribution in [1.82, 2.24) is 4.57 Å². The lowest BCUT2D eigenvalue weighted by molar-refractivity contribution is 0.546. The van der Waals surface area contributed by atoms with Crippen LogP contribution in [0, 0.1) is 0 Å². The molecule has 11 rings (SSSR count). The number of rotatable bonds is 4. The molecule has 236 valence electrons. The number of furan rings is 2. The zero-order valence-corrected chi connectivity index (χ0v) is 27.1. The second kappa shape index (κ2) is 10.5. The third-order valence-corrected chi connectivity index (χ3v) is 10.5. The zero-order chi connectivity index (χ0) is 32.8. The fraction of sp³-hybridized carbons (Fsp3) is 0.0435. The highest BCUT2D eigenvalue weighted by Crippen LogP contribution is 2.45. The Bertz CT molecular complexity index is 2940. The summed E-state index contributed by atoms with van der Waals surface area (Å²) in [5.74, 6) is 1.08. The summed E-state index contributed by atoms with van der Waals surface area (Å²) in [7, 11) is 0. The number of aromatic nitrogens is 1. The number of nitrogens with zero attached hydrogens (tertiary/aromatic N) is 2. The molecule has 50 heavy (non-hydrogen) atoms. The Balaban J connectivity index is 1.16. The van der Waals surface area contributed by atoms with Gasteiger partial charge in [-0.2, -0.15) is 0 Å². The lowest BCUT2D eigenvalue weighted by Crippen LogP contribution is -2.12. The summed E-state index contributed by atoms with van der Waals surface area (Å²) in [6.45, 7) is 0. The standard InChI is InChI=1S/C46H30N2O2/c1-2-10-30(11-3-1)48-40-15-7-4-12-35(40)36-23-20-33(28-41(36)48)47(32-21-25-44-39(27-32)37-13-5-8-16-42(37)49-44)31-19-22-34-29(26-31)18-24-45-46(34)38-14-6-9-17-43(38)50-45/h1-17,19-23,25-28H,18,24H2. The molecule has 0 atom stereocenters. The third-order valence-electron chi connectivity index (χ3n) is 10.5. The van der Waals surface area contributed by atoms with E-state index in [1.54, 1.807) is 0 Å². The summed E-state index contributed by atoms with van der Waals surface area (Å²) < 4.78 is 15.0. The van der Waals surface area contributed by atoms with Gasteiger partial charge in [0.2, 0.25) is 0 Å². The van der Waals surface area contributed by atoms with Crippen molar-refractivity contribution < 1.29 is 8.83 Å². The smallest absolute Gasteiger partial charge is 0.135 e. The summed E-state index contributed by atoms with van der Waals surface area (Å²) in [6, 6.07) is 56.5. The minimum Gasteiger partial charge on any atom is -0.460 e. The van der Waals surface area contributed by atoms with Crippen LogP contribution in [0.25, 0.3) is 71.5 Å². The molecule has 3 heterocycles. The van der Waals surface area contributed by atoms with Gasteiger partial charge < -0.3 is 18.3 Å². The van der Waals surface area contributed by atoms with Gasteiger partial charge in [0.05, 0.1) is 11.0 Å². The summed E-state index contributed by atoms with van der Waals surface area (Å²) in [6.07, 6.45) is 1.81. The number of fused-ring (bicyclic) bond motifs is 11. The molecular weight excluding hydrogens is 613 g/mol. The van der Waals surface area contributed by atoms with Gasteiger partial charge in [0, 0.05) is 61.7 Å². The van der Waals surface area contributed by atoms with Crippen LogP contribution in [0.15, 0.2) is 167 Å². The van der Waals surface area contributed by atoms with E-state index in [2.05, 4.69) is 149 Å². The maximum Gasteiger partial charge on any atom is 0.135 e. The van der Waals surface area contributed by atoms with Crippen LogP contribution in [-0.2, 0) is 12.8 Å². The molecule has 4 nitrogen and oxygen atoms in total. The molecule has 0 bridgehead atoms. The predicted molar refractivity (Wildman–Crippen MR) is 205 cm³/mol. The average Bonchev–Trinajstić information content (AvgIpc) is 3.84. The van der Waals surface area contributed by atoms with Gasteiger partial charge in [0.15, 0.2) is 0 Å². The van der Waals surface area contributed by atoms with Gasteiger partial charge in [-0.3, -0.25) is 0 Å². The van der Waals surface area contributed by atoms with E-state index in [1.807, 2.05) is 18.2 Å². The Morgan fingerprint density at radius 3 is 1.96 bits per heavy atom. The first-order valence-electron chi connectivity index (χ1n) is 17.2. The quantitative estimate of drug-likeness (QED) is 0.192. The van der Waals surface area contributed by atoms with Crippen LogP contribution >= 0.6 is 0 Å². The van der Waals surface area contributed by atoms with Crippen molar-refractivity contribution in [3.63, 3.8) is 0 Å². The molecule has 0 saturated heterocycles. The first kappa shape index (κ1) is 27.4. The van der Waals surface area contributed by atoms with Gasteiger partial charge >= 0.3 is 0 Å². The van der Waals surface area contributed by atoms with Crippen LogP contribution in [0.2, 0.25) is 0 Å². The van der Waals surface area contributed by atoms with Gasteiger partial charge in [0.25, 0.3) is 0 Å². The van der Waals surface area contributed by atoms with E-state index in [0.29, 0.717) is 0 Å². The van der Waals surface area contributed by atoms with Gasteiger partial charge in [-0.1, -0.05) is 84.9 Å². The second-order valence-corrected chi connectivity index (χ2v) is 13.2. The zero-order valence-electron chi connectivity index (χ0n) is 27.1. The van der Waals surface area contributed by atoms with E-state index < -0.39 is 0 Å². The summed E-state index contributed by atoms with van der Waals surface area (Å²) in [5.41, 5.74) is 13.4. The van der Waals surface area contributed by atoms with Gasteiger partial charge in [-0.25, -0.2) is 0 Å². The molecule has 0 unspecified atom stereocenters. The molecule has 0 N–H and O–H groups in total. The van der Waals surface area contributed by atoms with E-state index in [0.717, 1.165) is 68.9 Å². The monoisotopic (exact) mass is 642 g/mol. The number of hydrogen-bond donors (Lipinski definition) is 0. The van der Waals surface area contributed by atoms with Crippen molar-refractivity contribution in [2.75, 3.05) is 4.90 Å². The third kappa shape index (κ3) is 3.99. The Morgan fingerprint density at radius 1 is 0.440 bits per heavy atom. The van der Waals surface area contributed by atoms with Crippen molar-refractivity contribution in [3.05, 3.63) is 169 Å². The molecule has 0 spiro atoms. The van der Waals surface area contributed by atoms with Crippen LogP contribution in [0.3, 0.4) is 0 Å². The number of para-hydroxylation sites is 4. The first-order chi connectivity index (χ1) is 24.8. The molecule has 1 aliphatic carbocycles. The first-order valence-corrected chi connectivity index (χ1v) is 17.2. The van der Waals surface area contributed by atoms with Crippen LogP contribution in [0.4, 0.5) is 17.1 Å². The Labute approximate surface area is 288 Å². The summed E-state index contributed by atoms with van der Waals surface area (Å²) in [4.78, 5) is 2.40. The van der Waals surface area contributed by atoms with Gasteiger partial charge in [-0.15, -0.1) is 0 Å². The van der Waals surface area contributed by atoms with Crippen molar-refractivity contribution in [1.29, 1.82) is 0 Å². The highest BCUT2D eigenvalue weighted by atomic mass is 16.3. The molecule has 0 saturated carbocycles. The van der Waals surface area contributed by atoms with E-state index in [9.17, 15) is 0 Å². The highest BCUT2D eigenvalue weighted by Gasteiger charge is 2.25. The van der Waals surface area contributed by atoms with E-state index >= 15 is 0 Å². The fourth-order valence-corrected chi connectivity index (χ4v) is 8.24. The number of anilines is 3. The van der Waals surface area contributed by atoms with E-state index in [1.165, 1.54) is 43.9 Å². The molecule has 0 fully saturated rings. The van der Waals surface area contributed by atoms with Crippen LogP contribution in [0.1, 0.15) is 11.3 Å². The van der Waals surface area contributed by atoms with Crippen molar-refractivity contribution in [3.8, 4) is 16.8 Å². The average molecular weight is 643 g/mol. The van der Waals surface area contributed by atoms with Crippen molar-refractivity contribution in [2.24, 2.45) is 0 Å². The van der Waals surface area contributed by atoms with Gasteiger partial charge in [0.1, 0.15) is 22.5 Å². The normalized spacial score (nSPS) is 12.6. The Morgan fingerprint density at radius 2 is 1.08 bits per heavy atom. The molecule has 0 amide bonds. The molecule has 1 aliphatic rings. The predicted octanol–water partition coefficient (Wildman–Crippen LogP) is 12.7. The molecule has 3 aromatic heterocycles. The van der Waals surface area contributed by atoms with Crippen molar-refractivity contribution in [2.45, 2.75) is 12.8 Å².